The van der Waals surface area contributed by atoms with Crippen molar-refractivity contribution in [2.75, 3.05) is 7.05 Å². The molecule has 6 heteroatoms. The van der Waals surface area contributed by atoms with Gasteiger partial charge in [0.25, 0.3) is 0 Å². The quantitative estimate of drug-likeness (QED) is 0.412. The molecule has 0 aliphatic heterocycles. The highest BCUT2D eigenvalue weighted by molar-refractivity contribution is 6.30. The van der Waals surface area contributed by atoms with Crippen LogP contribution in [0, 0.1) is 0 Å². The Hall–Kier alpha value is -2.95. The molecule has 0 aliphatic rings. The number of aromatic nitrogens is 3. The Morgan fingerprint density at radius 1 is 0.750 bits per heavy atom. The van der Waals surface area contributed by atoms with E-state index in [0.29, 0.717) is 10.0 Å². The van der Waals surface area contributed by atoms with Crippen molar-refractivity contribution in [3.8, 4) is 33.5 Å². The van der Waals surface area contributed by atoms with Gasteiger partial charge in [-0.15, -0.1) is 5.10 Å². The molecule has 138 valence electrons. The Kier molecular flexibility index (Phi) is 5.24. The first-order chi connectivity index (χ1) is 13.6. The number of benzene rings is 3. The Bertz CT molecular complexity index is 1070. The number of hydrogen-bond acceptors (Lipinski definition) is 3. The molecule has 4 aromatic rings. The first kappa shape index (κ1) is 18.4. The van der Waals surface area contributed by atoms with Crippen molar-refractivity contribution in [1.82, 2.24) is 15.4 Å². The predicted molar refractivity (Wildman–Crippen MR) is 116 cm³/mol. The lowest BCUT2D eigenvalue weighted by Gasteiger charge is -2.10. The van der Waals surface area contributed by atoms with Crippen LogP contribution in [0.25, 0.3) is 33.5 Å². The summed E-state index contributed by atoms with van der Waals surface area (Å²) in [7, 11) is 1.72. The fraction of sp³-hybridized carbons (Fsp3) is 0.0455. The molecule has 0 saturated carbocycles. The fourth-order valence-electron chi connectivity index (χ4n) is 3.05. The van der Waals surface area contributed by atoms with Crippen LogP contribution in [0.4, 0.5) is 0 Å². The van der Waals surface area contributed by atoms with E-state index in [1.54, 1.807) is 13.3 Å². The molecular formula is C22H16Cl2N4. The molecule has 4 nitrogen and oxygen atoms in total. The number of nitrogens with zero attached hydrogens (tertiary/aromatic N) is 3. The second-order valence-electron chi connectivity index (χ2n) is 6.27. The number of halogens is 2. The lowest BCUT2D eigenvalue weighted by Crippen LogP contribution is -1.90. The second kappa shape index (κ2) is 7.97. The van der Waals surface area contributed by atoms with E-state index in [0.717, 1.165) is 39.2 Å². The molecule has 0 unspecified atom stereocenters. The van der Waals surface area contributed by atoms with E-state index in [4.69, 9.17) is 23.2 Å². The first-order valence-corrected chi connectivity index (χ1v) is 9.40. The van der Waals surface area contributed by atoms with Crippen molar-refractivity contribution in [3.05, 3.63) is 82.5 Å². The van der Waals surface area contributed by atoms with Crippen LogP contribution in [0.5, 0.6) is 0 Å². The second-order valence-corrected chi connectivity index (χ2v) is 7.15. The van der Waals surface area contributed by atoms with Gasteiger partial charge >= 0.3 is 0 Å². The monoisotopic (exact) mass is 406 g/mol. The molecule has 0 atom stereocenters. The van der Waals surface area contributed by atoms with Crippen molar-refractivity contribution in [3.63, 3.8) is 0 Å². The fourth-order valence-corrected chi connectivity index (χ4v) is 3.30. The van der Waals surface area contributed by atoms with Gasteiger partial charge in [0.1, 0.15) is 11.4 Å². The molecule has 0 spiro atoms. The third-order valence-electron chi connectivity index (χ3n) is 4.40. The van der Waals surface area contributed by atoms with E-state index in [1.807, 2.05) is 48.5 Å². The van der Waals surface area contributed by atoms with Gasteiger partial charge in [0, 0.05) is 28.9 Å². The summed E-state index contributed by atoms with van der Waals surface area (Å²) in [5.41, 5.74) is 6.70. The maximum atomic E-state index is 6.06. The van der Waals surface area contributed by atoms with E-state index in [9.17, 15) is 0 Å². The third-order valence-corrected chi connectivity index (χ3v) is 4.90. The molecule has 0 aliphatic carbocycles. The van der Waals surface area contributed by atoms with Crippen LogP contribution in [0.1, 0.15) is 5.69 Å². The summed E-state index contributed by atoms with van der Waals surface area (Å²) in [5.74, 6) is 0. The zero-order valence-electron chi connectivity index (χ0n) is 15.0. The molecule has 1 aromatic heterocycles. The molecule has 0 saturated heterocycles. The van der Waals surface area contributed by atoms with Gasteiger partial charge in [-0.05, 0) is 64.7 Å². The Labute approximate surface area is 172 Å². The van der Waals surface area contributed by atoms with E-state index in [2.05, 4.69) is 38.6 Å². The molecule has 0 fully saturated rings. The SMILES string of the molecule is C/N=C/c1[nH]nnc1-c1cc(-c2ccc(Cl)cc2)cc(-c2ccc(Cl)cc2)c1. The van der Waals surface area contributed by atoms with Crippen molar-refractivity contribution < 1.29 is 0 Å². The highest BCUT2D eigenvalue weighted by Gasteiger charge is 2.12. The first-order valence-electron chi connectivity index (χ1n) is 8.64. The van der Waals surface area contributed by atoms with Crippen LogP contribution >= 0.6 is 23.2 Å². The molecule has 1 heterocycles. The van der Waals surface area contributed by atoms with Crippen LogP contribution in [-0.2, 0) is 0 Å². The van der Waals surface area contributed by atoms with Crippen molar-refractivity contribution in [2.24, 2.45) is 4.99 Å². The molecule has 0 radical (unpaired) electrons. The Morgan fingerprint density at radius 3 is 1.75 bits per heavy atom. The smallest absolute Gasteiger partial charge is 0.121 e. The molecule has 3 aromatic carbocycles. The summed E-state index contributed by atoms with van der Waals surface area (Å²) >= 11 is 12.1. The van der Waals surface area contributed by atoms with E-state index < -0.39 is 0 Å². The topological polar surface area (TPSA) is 53.9 Å². The van der Waals surface area contributed by atoms with Crippen molar-refractivity contribution in [2.45, 2.75) is 0 Å². The lowest BCUT2D eigenvalue weighted by atomic mass is 9.94. The molecule has 1 N–H and O–H groups in total. The van der Waals surface area contributed by atoms with Crippen molar-refractivity contribution in [1.29, 1.82) is 0 Å². The normalized spacial score (nSPS) is 11.2. The predicted octanol–water partition coefficient (Wildman–Crippen LogP) is 6.16. The van der Waals surface area contributed by atoms with Gasteiger partial charge in [-0.1, -0.05) is 52.7 Å². The summed E-state index contributed by atoms with van der Waals surface area (Å²) in [6.45, 7) is 0. The average molecular weight is 407 g/mol. The number of hydrogen-bond donors (Lipinski definition) is 1. The maximum Gasteiger partial charge on any atom is 0.121 e. The zero-order chi connectivity index (χ0) is 19.5. The zero-order valence-corrected chi connectivity index (χ0v) is 16.5. The molecule has 0 bridgehead atoms. The van der Waals surface area contributed by atoms with Crippen LogP contribution in [0.15, 0.2) is 71.7 Å². The summed E-state index contributed by atoms with van der Waals surface area (Å²) in [6.07, 6.45) is 1.71. The number of aliphatic imine (C=N–C) groups is 1. The summed E-state index contributed by atoms with van der Waals surface area (Å²) in [6, 6.07) is 21.9. The third kappa shape index (κ3) is 3.84. The highest BCUT2D eigenvalue weighted by atomic mass is 35.5. The van der Waals surface area contributed by atoms with Crippen molar-refractivity contribution >= 4 is 29.4 Å². The minimum atomic E-state index is 0.704. The van der Waals surface area contributed by atoms with E-state index >= 15 is 0 Å². The summed E-state index contributed by atoms with van der Waals surface area (Å²) in [5, 5.41) is 12.5. The van der Waals surface area contributed by atoms with Crippen LogP contribution < -0.4 is 0 Å². The summed E-state index contributed by atoms with van der Waals surface area (Å²) in [4.78, 5) is 4.08. The standard InChI is InChI=1S/C22H16Cl2N4/c1-25-13-21-22(27-28-26-21)18-11-16(14-2-6-19(23)7-3-14)10-17(12-18)15-4-8-20(24)9-5-15/h2-13H,1H3,(H,26,27,28)/b25-13+. The molecule has 4 rings (SSSR count). The van der Waals surface area contributed by atoms with Gasteiger partial charge in [0.05, 0.1) is 0 Å². The largest absolute Gasteiger partial charge is 0.294 e. The van der Waals surface area contributed by atoms with Gasteiger partial charge in [-0.3, -0.25) is 10.1 Å². The van der Waals surface area contributed by atoms with Gasteiger partial charge in [-0.2, -0.15) is 0 Å². The van der Waals surface area contributed by atoms with Crippen LogP contribution in [0.2, 0.25) is 10.0 Å². The number of aromatic amines is 1. The Morgan fingerprint density at radius 2 is 1.25 bits per heavy atom. The molecule has 0 amide bonds. The van der Waals surface area contributed by atoms with Crippen LogP contribution in [0.3, 0.4) is 0 Å². The van der Waals surface area contributed by atoms with E-state index in [1.165, 1.54) is 0 Å². The van der Waals surface area contributed by atoms with E-state index in [-0.39, 0.29) is 0 Å². The lowest BCUT2D eigenvalue weighted by molar-refractivity contribution is 0.940. The van der Waals surface area contributed by atoms with Gasteiger partial charge < -0.3 is 0 Å². The van der Waals surface area contributed by atoms with Gasteiger partial charge in [0.15, 0.2) is 0 Å². The minimum absolute atomic E-state index is 0.704. The van der Waals surface area contributed by atoms with Crippen LogP contribution in [-0.4, -0.2) is 28.7 Å². The minimum Gasteiger partial charge on any atom is -0.294 e. The summed E-state index contributed by atoms with van der Waals surface area (Å²) < 4.78 is 0. The van der Waals surface area contributed by atoms with Gasteiger partial charge in [0.2, 0.25) is 0 Å². The maximum absolute atomic E-state index is 6.06. The molecular weight excluding hydrogens is 391 g/mol. The van der Waals surface area contributed by atoms with Gasteiger partial charge in [-0.25, -0.2) is 0 Å². The number of H-pyrrole nitrogens is 1. The molecule has 28 heavy (non-hydrogen) atoms. The Balaban J connectivity index is 1.91. The highest BCUT2D eigenvalue weighted by Crippen LogP contribution is 2.33. The number of rotatable bonds is 4. The average Bonchev–Trinajstić information content (AvgIpc) is 3.17. The number of nitrogens with one attached hydrogen (secondary N) is 1.